The summed E-state index contributed by atoms with van der Waals surface area (Å²) in [5, 5.41) is 0. The molecule has 0 N–H and O–H groups in total. The van der Waals surface area contributed by atoms with Gasteiger partial charge in [0.15, 0.2) is 0 Å². The van der Waals surface area contributed by atoms with Crippen molar-refractivity contribution in [1.82, 2.24) is 14.8 Å². The summed E-state index contributed by atoms with van der Waals surface area (Å²) in [7, 11) is 0. The molecule has 142 valence electrons. The predicted molar refractivity (Wildman–Crippen MR) is 104 cm³/mol. The number of rotatable bonds is 3. The van der Waals surface area contributed by atoms with Crippen molar-refractivity contribution in [2.45, 2.75) is 39.0 Å². The van der Waals surface area contributed by atoms with Crippen LogP contribution in [0.3, 0.4) is 0 Å². The van der Waals surface area contributed by atoms with E-state index in [0.29, 0.717) is 19.0 Å². The van der Waals surface area contributed by atoms with Crippen molar-refractivity contribution in [3.63, 3.8) is 0 Å². The van der Waals surface area contributed by atoms with Crippen LogP contribution in [0.4, 0.5) is 0 Å². The van der Waals surface area contributed by atoms with Gasteiger partial charge in [-0.25, -0.2) is 0 Å². The first-order valence-electron chi connectivity index (χ1n) is 9.81. The first kappa shape index (κ1) is 18.0. The third-order valence-electron chi connectivity index (χ3n) is 5.64. The second-order valence-corrected chi connectivity index (χ2v) is 7.62. The monoisotopic (exact) mass is 365 g/mol. The molecule has 0 saturated carbocycles. The number of nitrogens with zero attached hydrogens (tertiary/aromatic N) is 3. The molecule has 2 aliphatic rings. The zero-order valence-electron chi connectivity index (χ0n) is 15.9. The van der Waals surface area contributed by atoms with E-state index in [-0.39, 0.29) is 12.0 Å². The minimum atomic E-state index is 0.0316. The highest BCUT2D eigenvalue weighted by Gasteiger charge is 2.33. The number of benzene rings is 1. The van der Waals surface area contributed by atoms with Crippen LogP contribution in [0.5, 0.6) is 5.75 Å². The number of fused-ring (bicyclic) bond motifs is 1. The summed E-state index contributed by atoms with van der Waals surface area (Å²) in [6, 6.07) is 14.2. The normalized spacial score (nSPS) is 23.2. The minimum Gasteiger partial charge on any atom is -0.488 e. The number of para-hydroxylation sites is 1. The lowest BCUT2D eigenvalue weighted by Gasteiger charge is -2.37. The maximum atomic E-state index is 12.1. The quantitative estimate of drug-likeness (QED) is 0.838. The first-order chi connectivity index (χ1) is 13.2. The van der Waals surface area contributed by atoms with Crippen molar-refractivity contribution in [2.24, 2.45) is 5.92 Å². The van der Waals surface area contributed by atoms with Crippen LogP contribution in [0.15, 0.2) is 48.7 Å². The lowest BCUT2D eigenvalue weighted by molar-refractivity contribution is -0.130. The zero-order chi connectivity index (χ0) is 18.6. The Balaban J connectivity index is 1.50. The van der Waals surface area contributed by atoms with Crippen molar-refractivity contribution in [3.8, 4) is 5.75 Å². The van der Waals surface area contributed by atoms with E-state index in [2.05, 4.69) is 22.0 Å². The van der Waals surface area contributed by atoms with Crippen molar-refractivity contribution < 1.29 is 9.53 Å². The van der Waals surface area contributed by atoms with Crippen molar-refractivity contribution in [2.75, 3.05) is 19.6 Å². The molecular formula is C22H27N3O2. The van der Waals surface area contributed by atoms with Crippen LogP contribution in [0.25, 0.3) is 0 Å². The number of amides is 1. The molecule has 0 bridgehead atoms. The van der Waals surface area contributed by atoms with Gasteiger partial charge in [-0.05, 0) is 37.6 Å². The summed E-state index contributed by atoms with van der Waals surface area (Å²) in [5.41, 5.74) is 2.20. The van der Waals surface area contributed by atoms with Gasteiger partial charge in [0.2, 0.25) is 5.91 Å². The van der Waals surface area contributed by atoms with Gasteiger partial charge < -0.3 is 9.64 Å². The second-order valence-electron chi connectivity index (χ2n) is 7.62. The molecule has 1 amide bonds. The molecule has 4 rings (SSSR count). The fourth-order valence-electron chi connectivity index (χ4n) is 4.18. The number of carbonyl (C=O) groups excluding carboxylic acids is 1. The number of hydrogen-bond donors (Lipinski definition) is 0. The number of carbonyl (C=O) groups is 1. The van der Waals surface area contributed by atoms with Crippen LogP contribution in [0.1, 0.15) is 31.0 Å². The molecule has 27 heavy (non-hydrogen) atoms. The van der Waals surface area contributed by atoms with E-state index >= 15 is 0 Å². The Kier molecular flexibility index (Phi) is 5.39. The highest BCUT2D eigenvalue weighted by Crippen LogP contribution is 2.30. The predicted octanol–water partition coefficient (Wildman–Crippen LogP) is 3.10. The van der Waals surface area contributed by atoms with E-state index in [1.54, 1.807) is 6.92 Å². The average Bonchev–Trinajstić information content (AvgIpc) is 2.89. The Hall–Kier alpha value is -2.40. The van der Waals surface area contributed by atoms with Gasteiger partial charge >= 0.3 is 0 Å². The fourth-order valence-corrected chi connectivity index (χ4v) is 4.18. The molecule has 0 aliphatic carbocycles. The highest BCUT2D eigenvalue weighted by atomic mass is 16.5. The number of piperidine rings is 1. The van der Waals surface area contributed by atoms with Crippen molar-refractivity contribution in [1.29, 1.82) is 0 Å². The number of likely N-dealkylation sites (tertiary alicyclic amines) is 1. The van der Waals surface area contributed by atoms with Gasteiger partial charge in [0.1, 0.15) is 11.9 Å². The van der Waals surface area contributed by atoms with Gasteiger partial charge in [0.05, 0.1) is 12.2 Å². The minimum absolute atomic E-state index is 0.0316. The molecule has 0 radical (unpaired) electrons. The Morgan fingerprint density at radius 3 is 2.85 bits per heavy atom. The largest absolute Gasteiger partial charge is 0.488 e. The lowest BCUT2D eigenvalue weighted by Crippen LogP contribution is -2.46. The van der Waals surface area contributed by atoms with Crippen LogP contribution >= 0.6 is 0 Å². The number of hydrogen-bond acceptors (Lipinski definition) is 4. The molecule has 2 aliphatic heterocycles. The van der Waals surface area contributed by atoms with Crippen LogP contribution < -0.4 is 4.74 Å². The van der Waals surface area contributed by atoms with E-state index in [1.807, 2.05) is 41.4 Å². The summed E-state index contributed by atoms with van der Waals surface area (Å²) >= 11 is 0. The number of pyridine rings is 1. The Morgan fingerprint density at radius 2 is 2.04 bits per heavy atom. The van der Waals surface area contributed by atoms with Crippen LogP contribution in [-0.4, -0.2) is 46.4 Å². The number of ether oxygens (including phenoxy) is 1. The van der Waals surface area contributed by atoms with E-state index in [4.69, 9.17) is 4.74 Å². The Bertz CT molecular complexity index is 780. The van der Waals surface area contributed by atoms with E-state index < -0.39 is 0 Å². The van der Waals surface area contributed by atoms with Gasteiger partial charge in [0.25, 0.3) is 0 Å². The molecule has 5 nitrogen and oxygen atoms in total. The molecule has 1 saturated heterocycles. The third-order valence-corrected chi connectivity index (χ3v) is 5.64. The molecule has 1 fully saturated rings. The maximum absolute atomic E-state index is 12.1. The van der Waals surface area contributed by atoms with E-state index in [0.717, 1.165) is 49.5 Å². The molecule has 0 spiro atoms. The zero-order valence-corrected chi connectivity index (χ0v) is 15.9. The van der Waals surface area contributed by atoms with Gasteiger partial charge in [-0.3, -0.25) is 14.7 Å². The Labute approximate surface area is 161 Å². The maximum Gasteiger partial charge on any atom is 0.219 e. The van der Waals surface area contributed by atoms with Crippen molar-refractivity contribution >= 4 is 5.91 Å². The number of aromatic nitrogens is 1. The molecule has 2 atom stereocenters. The third kappa shape index (κ3) is 4.30. The van der Waals surface area contributed by atoms with E-state index in [1.165, 1.54) is 0 Å². The average molecular weight is 365 g/mol. The SMILES string of the molecule is CC(=O)N1Cc2ccccc2OC(C2CCCN(Cc3ccccn3)C2)C1. The van der Waals surface area contributed by atoms with Crippen LogP contribution in [-0.2, 0) is 17.9 Å². The standard InChI is InChI=1S/C22H27N3O2/c1-17(26)25-14-19-7-2-3-10-21(19)27-22(16-25)18-8-6-12-24(13-18)15-20-9-4-5-11-23-20/h2-5,7,9-11,18,22H,6,8,12-16H2,1H3. The van der Waals surface area contributed by atoms with Gasteiger partial charge in [-0.1, -0.05) is 24.3 Å². The first-order valence-corrected chi connectivity index (χ1v) is 9.81. The topological polar surface area (TPSA) is 45.7 Å². The van der Waals surface area contributed by atoms with Gasteiger partial charge in [0, 0.05) is 44.2 Å². The highest BCUT2D eigenvalue weighted by molar-refractivity contribution is 5.73. The summed E-state index contributed by atoms with van der Waals surface area (Å²) < 4.78 is 6.44. The van der Waals surface area contributed by atoms with Crippen LogP contribution in [0.2, 0.25) is 0 Å². The molecule has 2 unspecified atom stereocenters. The van der Waals surface area contributed by atoms with Gasteiger partial charge in [-0.2, -0.15) is 0 Å². The summed E-state index contributed by atoms with van der Waals surface area (Å²) in [6.45, 7) is 5.89. The fraction of sp³-hybridized carbons (Fsp3) is 0.455. The smallest absolute Gasteiger partial charge is 0.219 e. The molecule has 1 aromatic carbocycles. The lowest BCUT2D eigenvalue weighted by atomic mass is 9.91. The molecular weight excluding hydrogens is 338 g/mol. The van der Waals surface area contributed by atoms with E-state index in [9.17, 15) is 4.79 Å². The summed E-state index contributed by atoms with van der Waals surface area (Å²) in [5.74, 6) is 1.45. The molecule has 1 aromatic heterocycles. The molecule has 2 aromatic rings. The van der Waals surface area contributed by atoms with Gasteiger partial charge in [-0.15, -0.1) is 0 Å². The molecule has 5 heteroatoms. The Morgan fingerprint density at radius 1 is 1.19 bits per heavy atom. The second kappa shape index (κ2) is 8.09. The summed E-state index contributed by atoms with van der Waals surface area (Å²) in [6.07, 6.45) is 4.17. The van der Waals surface area contributed by atoms with Crippen LogP contribution in [0, 0.1) is 5.92 Å². The van der Waals surface area contributed by atoms with Crippen molar-refractivity contribution in [3.05, 3.63) is 59.9 Å². The summed E-state index contributed by atoms with van der Waals surface area (Å²) in [4.78, 5) is 21.0. The molecule has 3 heterocycles.